The molecule has 0 saturated carbocycles. The van der Waals surface area contributed by atoms with E-state index in [4.69, 9.17) is 9.26 Å². The molecule has 1 aromatic rings. The van der Waals surface area contributed by atoms with Gasteiger partial charge in [-0.05, 0) is 33.1 Å². The number of carbonyl (C=O) groups excluding carboxylic acids is 3. The molecule has 0 aromatic carbocycles. The molecule has 1 aromatic heterocycles. The summed E-state index contributed by atoms with van der Waals surface area (Å²) in [6.07, 6.45) is 2.51. The van der Waals surface area contributed by atoms with Crippen LogP contribution in [0.25, 0.3) is 0 Å². The van der Waals surface area contributed by atoms with E-state index in [1.165, 1.54) is 10.0 Å². The minimum atomic E-state index is -0.329. The van der Waals surface area contributed by atoms with Gasteiger partial charge in [0.05, 0.1) is 6.61 Å². The van der Waals surface area contributed by atoms with E-state index < -0.39 is 0 Å². The molecule has 132 valence electrons. The number of ether oxygens (including phenoxy) is 1. The Bertz CT molecular complexity index is 598. The molecule has 1 fully saturated rings. The molecule has 0 aliphatic carbocycles. The first-order valence-corrected chi connectivity index (χ1v) is 8.24. The third-order valence-corrected chi connectivity index (χ3v) is 3.73. The van der Waals surface area contributed by atoms with Crippen LogP contribution in [-0.4, -0.2) is 52.7 Å². The smallest absolute Gasteiger partial charge is 0.305 e. The van der Waals surface area contributed by atoms with E-state index in [0.29, 0.717) is 51.1 Å². The molecular formula is C16H23N3O5. The molecule has 1 saturated heterocycles. The number of aryl methyl sites for hydroxylation is 1. The summed E-state index contributed by atoms with van der Waals surface area (Å²) in [5.74, 6) is -0.145. The van der Waals surface area contributed by atoms with Crippen LogP contribution in [0.2, 0.25) is 0 Å². The lowest BCUT2D eigenvalue weighted by Crippen LogP contribution is -2.44. The fourth-order valence-corrected chi connectivity index (χ4v) is 2.59. The van der Waals surface area contributed by atoms with Gasteiger partial charge < -0.3 is 9.26 Å². The average molecular weight is 337 g/mol. The number of rotatable bonds is 7. The molecule has 2 rings (SSSR count). The molecule has 2 amide bonds. The zero-order valence-corrected chi connectivity index (χ0v) is 14.1. The standard InChI is InChI=1S/C16H23N3O5/c1-3-23-15(21)8-5-4-7-14(20)18-9-6-10-19(18)16(22)13-11-12(2)24-17-13/h11H,3-10H2,1-2H3. The van der Waals surface area contributed by atoms with Crippen molar-refractivity contribution in [3.8, 4) is 0 Å². The predicted molar refractivity (Wildman–Crippen MR) is 83.7 cm³/mol. The zero-order chi connectivity index (χ0) is 17.5. The maximum atomic E-state index is 12.4. The van der Waals surface area contributed by atoms with Crippen molar-refractivity contribution in [2.45, 2.75) is 46.0 Å². The maximum Gasteiger partial charge on any atom is 0.305 e. The molecule has 0 spiro atoms. The van der Waals surface area contributed by atoms with Gasteiger partial charge in [0.15, 0.2) is 5.69 Å². The minimum Gasteiger partial charge on any atom is -0.466 e. The van der Waals surface area contributed by atoms with E-state index in [0.717, 1.165) is 6.42 Å². The summed E-state index contributed by atoms with van der Waals surface area (Å²) >= 11 is 0. The van der Waals surface area contributed by atoms with Crippen molar-refractivity contribution >= 4 is 17.8 Å². The van der Waals surface area contributed by atoms with Crippen molar-refractivity contribution in [2.24, 2.45) is 0 Å². The van der Waals surface area contributed by atoms with Gasteiger partial charge in [-0.15, -0.1) is 0 Å². The van der Waals surface area contributed by atoms with Crippen LogP contribution in [0.4, 0.5) is 0 Å². The lowest BCUT2D eigenvalue weighted by Gasteiger charge is -2.27. The summed E-state index contributed by atoms with van der Waals surface area (Å²) in [5.41, 5.74) is 0.203. The first-order chi connectivity index (χ1) is 11.5. The van der Waals surface area contributed by atoms with Crippen LogP contribution in [0.5, 0.6) is 0 Å². The van der Waals surface area contributed by atoms with Gasteiger partial charge in [0.1, 0.15) is 5.76 Å². The molecule has 1 aliphatic heterocycles. The summed E-state index contributed by atoms with van der Waals surface area (Å²) in [7, 11) is 0. The molecule has 0 unspecified atom stereocenters. The number of hydrogen-bond acceptors (Lipinski definition) is 6. The lowest BCUT2D eigenvalue weighted by molar-refractivity contribution is -0.144. The molecular weight excluding hydrogens is 314 g/mol. The first kappa shape index (κ1) is 18.0. The Hall–Kier alpha value is -2.38. The second kappa shape index (κ2) is 8.47. The first-order valence-electron chi connectivity index (χ1n) is 8.24. The summed E-state index contributed by atoms with van der Waals surface area (Å²) in [6, 6.07) is 1.56. The van der Waals surface area contributed by atoms with Crippen molar-refractivity contribution in [3.05, 3.63) is 17.5 Å². The van der Waals surface area contributed by atoms with E-state index in [-0.39, 0.29) is 23.5 Å². The molecule has 0 bridgehead atoms. The van der Waals surface area contributed by atoms with Crippen LogP contribution in [-0.2, 0) is 14.3 Å². The molecule has 8 nitrogen and oxygen atoms in total. The number of carbonyl (C=O) groups is 3. The Morgan fingerprint density at radius 2 is 1.92 bits per heavy atom. The van der Waals surface area contributed by atoms with Gasteiger partial charge >= 0.3 is 5.97 Å². The normalized spacial score (nSPS) is 14.1. The van der Waals surface area contributed by atoms with Gasteiger partial charge in [0, 0.05) is 32.0 Å². The highest BCUT2D eigenvalue weighted by atomic mass is 16.5. The van der Waals surface area contributed by atoms with Crippen molar-refractivity contribution in [3.63, 3.8) is 0 Å². The molecule has 24 heavy (non-hydrogen) atoms. The van der Waals surface area contributed by atoms with Crippen LogP contribution >= 0.6 is 0 Å². The largest absolute Gasteiger partial charge is 0.466 e. The Labute approximate surface area is 140 Å². The monoisotopic (exact) mass is 337 g/mol. The summed E-state index contributed by atoms with van der Waals surface area (Å²) in [4.78, 5) is 36.0. The summed E-state index contributed by atoms with van der Waals surface area (Å²) in [6.45, 7) is 4.83. The Kier molecular flexibility index (Phi) is 6.34. The molecule has 0 radical (unpaired) electrons. The Morgan fingerprint density at radius 3 is 2.58 bits per heavy atom. The van der Waals surface area contributed by atoms with E-state index in [1.54, 1.807) is 19.9 Å². The second-order valence-electron chi connectivity index (χ2n) is 5.63. The third-order valence-electron chi connectivity index (χ3n) is 3.73. The van der Waals surface area contributed by atoms with E-state index in [1.807, 2.05) is 0 Å². The Morgan fingerprint density at radius 1 is 1.21 bits per heavy atom. The molecule has 0 atom stereocenters. The van der Waals surface area contributed by atoms with Crippen molar-refractivity contribution < 1.29 is 23.6 Å². The number of esters is 1. The van der Waals surface area contributed by atoms with Crippen molar-refractivity contribution in [1.29, 1.82) is 0 Å². The van der Waals surface area contributed by atoms with Gasteiger partial charge in [-0.3, -0.25) is 19.4 Å². The van der Waals surface area contributed by atoms with Crippen LogP contribution in [0, 0.1) is 6.92 Å². The third kappa shape index (κ3) is 4.56. The number of hydrogen-bond donors (Lipinski definition) is 0. The number of nitrogens with zero attached hydrogens (tertiary/aromatic N) is 3. The average Bonchev–Trinajstić information content (AvgIpc) is 3.20. The molecule has 1 aliphatic rings. The summed E-state index contributed by atoms with van der Waals surface area (Å²) in [5, 5.41) is 6.60. The molecule has 2 heterocycles. The van der Waals surface area contributed by atoms with Crippen molar-refractivity contribution in [2.75, 3.05) is 19.7 Å². The number of aromatic nitrogens is 1. The van der Waals surface area contributed by atoms with Crippen LogP contribution < -0.4 is 0 Å². The molecule has 0 N–H and O–H groups in total. The SMILES string of the molecule is CCOC(=O)CCCCC(=O)N1CCCN1C(=O)c1cc(C)on1. The Balaban J connectivity index is 1.82. The van der Waals surface area contributed by atoms with Crippen LogP contribution in [0.3, 0.4) is 0 Å². The van der Waals surface area contributed by atoms with Gasteiger partial charge in [0.25, 0.3) is 5.91 Å². The quantitative estimate of drug-likeness (QED) is 0.555. The van der Waals surface area contributed by atoms with E-state index in [9.17, 15) is 14.4 Å². The zero-order valence-electron chi connectivity index (χ0n) is 14.1. The number of amides is 2. The van der Waals surface area contributed by atoms with Gasteiger partial charge in [-0.25, -0.2) is 5.01 Å². The fraction of sp³-hybridized carbons (Fsp3) is 0.625. The highest BCUT2D eigenvalue weighted by Gasteiger charge is 2.32. The summed E-state index contributed by atoms with van der Waals surface area (Å²) < 4.78 is 9.76. The topological polar surface area (TPSA) is 93.0 Å². The minimum absolute atomic E-state index is 0.120. The van der Waals surface area contributed by atoms with E-state index in [2.05, 4.69) is 5.16 Å². The predicted octanol–water partition coefficient (Wildman–Crippen LogP) is 1.70. The van der Waals surface area contributed by atoms with E-state index >= 15 is 0 Å². The van der Waals surface area contributed by atoms with Gasteiger partial charge in [-0.2, -0.15) is 0 Å². The lowest BCUT2D eigenvalue weighted by atomic mass is 10.2. The highest BCUT2D eigenvalue weighted by molar-refractivity contribution is 5.94. The van der Waals surface area contributed by atoms with Gasteiger partial charge in [0.2, 0.25) is 5.91 Å². The number of unbranched alkanes of at least 4 members (excludes halogenated alkanes) is 1. The number of hydrazine groups is 1. The highest BCUT2D eigenvalue weighted by Crippen LogP contribution is 2.17. The van der Waals surface area contributed by atoms with Crippen molar-refractivity contribution in [1.82, 2.24) is 15.2 Å². The van der Waals surface area contributed by atoms with Gasteiger partial charge in [-0.1, -0.05) is 5.16 Å². The molecule has 8 heteroatoms. The van der Waals surface area contributed by atoms with Crippen LogP contribution in [0.15, 0.2) is 10.6 Å². The maximum absolute atomic E-state index is 12.4. The second-order valence-corrected chi connectivity index (χ2v) is 5.63. The fourth-order valence-electron chi connectivity index (χ4n) is 2.59. The van der Waals surface area contributed by atoms with Crippen LogP contribution in [0.1, 0.15) is 55.3 Å².